The van der Waals surface area contributed by atoms with E-state index >= 15 is 0 Å². The SMILES string of the molecule is CCOC(=O)C1N=C2C(N=Nc3ccccc3)C(C(C)(C)C)=NN2C2C=CCC12. The van der Waals surface area contributed by atoms with Crippen LogP contribution in [0.15, 0.2) is 62.8 Å². The second-order valence-corrected chi connectivity index (χ2v) is 8.54. The van der Waals surface area contributed by atoms with Crippen LogP contribution in [0.1, 0.15) is 34.1 Å². The summed E-state index contributed by atoms with van der Waals surface area (Å²) in [6.07, 6.45) is 5.01. The van der Waals surface area contributed by atoms with E-state index in [4.69, 9.17) is 14.8 Å². The van der Waals surface area contributed by atoms with Crippen LogP contribution in [-0.2, 0) is 9.53 Å². The van der Waals surface area contributed by atoms with Crippen molar-refractivity contribution < 1.29 is 9.53 Å². The van der Waals surface area contributed by atoms with Gasteiger partial charge in [0.2, 0.25) is 0 Å². The first-order valence-electron chi connectivity index (χ1n) is 10.1. The van der Waals surface area contributed by atoms with Gasteiger partial charge in [0.15, 0.2) is 17.9 Å². The largest absolute Gasteiger partial charge is 0.464 e. The molecule has 152 valence electrons. The molecule has 0 saturated heterocycles. The molecule has 0 aromatic heterocycles. The van der Waals surface area contributed by atoms with Crippen molar-refractivity contribution in [3.8, 4) is 0 Å². The molecule has 4 unspecified atom stereocenters. The molecule has 0 bridgehead atoms. The fraction of sp³-hybridized carbons (Fsp3) is 0.500. The lowest BCUT2D eigenvalue weighted by Gasteiger charge is -2.35. The average Bonchev–Trinajstić information content (AvgIpc) is 3.31. The summed E-state index contributed by atoms with van der Waals surface area (Å²) in [6.45, 7) is 8.50. The predicted molar refractivity (Wildman–Crippen MR) is 112 cm³/mol. The van der Waals surface area contributed by atoms with Crippen LogP contribution in [0.4, 0.5) is 5.69 Å². The van der Waals surface area contributed by atoms with E-state index < -0.39 is 12.1 Å². The van der Waals surface area contributed by atoms with E-state index in [1.165, 1.54) is 0 Å². The normalized spacial score (nSPS) is 28.2. The Labute approximate surface area is 171 Å². The molecule has 1 aliphatic carbocycles. The highest BCUT2D eigenvalue weighted by atomic mass is 16.5. The van der Waals surface area contributed by atoms with Gasteiger partial charge in [-0.1, -0.05) is 51.1 Å². The van der Waals surface area contributed by atoms with Crippen LogP contribution in [0.2, 0.25) is 0 Å². The number of nitrogens with zero attached hydrogens (tertiary/aromatic N) is 5. The second-order valence-electron chi connectivity index (χ2n) is 8.54. The number of amidine groups is 1. The van der Waals surface area contributed by atoms with Crippen molar-refractivity contribution >= 4 is 23.2 Å². The summed E-state index contributed by atoms with van der Waals surface area (Å²) in [5.74, 6) is 0.439. The van der Waals surface area contributed by atoms with E-state index in [2.05, 4.69) is 43.2 Å². The molecule has 0 saturated carbocycles. The van der Waals surface area contributed by atoms with Gasteiger partial charge < -0.3 is 4.74 Å². The van der Waals surface area contributed by atoms with Gasteiger partial charge in [-0.2, -0.15) is 15.3 Å². The summed E-state index contributed by atoms with van der Waals surface area (Å²) in [4.78, 5) is 17.4. The summed E-state index contributed by atoms with van der Waals surface area (Å²) in [5.41, 5.74) is 1.47. The van der Waals surface area contributed by atoms with E-state index in [-0.39, 0.29) is 23.3 Å². The third kappa shape index (κ3) is 3.61. The molecule has 0 radical (unpaired) electrons. The molecular formula is C22H27N5O2. The lowest BCUT2D eigenvalue weighted by atomic mass is 9.85. The monoisotopic (exact) mass is 393 g/mol. The van der Waals surface area contributed by atoms with Gasteiger partial charge in [-0.05, 0) is 25.5 Å². The molecule has 0 amide bonds. The molecule has 7 nitrogen and oxygen atoms in total. The lowest BCUT2D eigenvalue weighted by molar-refractivity contribution is -0.146. The number of ether oxygens (including phenoxy) is 1. The number of hydrazone groups is 1. The number of aliphatic imine (C=N–C) groups is 1. The molecule has 3 aliphatic rings. The predicted octanol–water partition coefficient (Wildman–Crippen LogP) is 4.15. The first kappa shape index (κ1) is 19.5. The molecule has 4 rings (SSSR count). The second kappa shape index (κ2) is 7.54. The minimum absolute atomic E-state index is 0.00817. The third-order valence-electron chi connectivity index (χ3n) is 5.43. The van der Waals surface area contributed by atoms with Crippen molar-refractivity contribution in [2.75, 3.05) is 6.61 Å². The third-order valence-corrected chi connectivity index (χ3v) is 5.43. The fourth-order valence-corrected chi connectivity index (χ4v) is 4.03. The van der Waals surface area contributed by atoms with Crippen LogP contribution >= 0.6 is 0 Å². The Morgan fingerprint density at radius 3 is 2.72 bits per heavy atom. The van der Waals surface area contributed by atoms with E-state index in [0.717, 1.165) is 17.8 Å². The van der Waals surface area contributed by atoms with Crippen LogP contribution in [0.5, 0.6) is 0 Å². The zero-order valence-corrected chi connectivity index (χ0v) is 17.3. The van der Waals surface area contributed by atoms with Gasteiger partial charge in [-0.3, -0.25) is 4.99 Å². The summed E-state index contributed by atoms with van der Waals surface area (Å²) < 4.78 is 5.31. The van der Waals surface area contributed by atoms with E-state index in [0.29, 0.717) is 12.4 Å². The fourth-order valence-electron chi connectivity index (χ4n) is 4.03. The summed E-state index contributed by atoms with van der Waals surface area (Å²) >= 11 is 0. The lowest BCUT2D eigenvalue weighted by Crippen LogP contribution is -2.50. The Hall–Kier alpha value is -2.83. The number of benzene rings is 1. The van der Waals surface area contributed by atoms with Crippen molar-refractivity contribution in [2.24, 2.45) is 31.7 Å². The molecule has 2 heterocycles. The number of fused-ring (bicyclic) bond motifs is 3. The van der Waals surface area contributed by atoms with Crippen LogP contribution in [0.25, 0.3) is 0 Å². The Morgan fingerprint density at radius 1 is 1.28 bits per heavy atom. The molecule has 7 heteroatoms. The Kier molecular flexibility index (Phi) is 5.06. The molecule has 29 heavy (non-hydrogen) atoms. The van der Waals surface area contributed by atoms with E-state index in [1.54, 1.807) is 0 Å². The summed E-state index contributed by atoms with van der Waals surface area (Å²) in [7, 11) is 0. The number of rotatable bonds is 4. The molecule has 4 atom stereocenters. The highest BCUT2D eigenvalue weighted by Gasteiger charge is 2.51. The van der Waals surface area contributed by atoms with Gasteiger partial charge in [-0.15, -0.1) is 0 Å². The van der Waals surface area contributed by atoms with Crippen LogP contribution in [0, 0.1) is 11.3 Å². The Bertz CT molecular complexity index is 898. The minimum atomic E-state index is -0.537. The van der Waals surface area contributed by atoms with E-state index in [1.807, 2.05) is 42.3 Å². The first-order valence-corrected chi connectivity index (χ1v) is 10.1. The topological polar surface area (TPSA) is 79.0 Å². The maximum Gasteiger partial charge on any atom is 0.331 e. The number of carbonyl (C=O) groups is 1. The number of hydrogen-bond donors (Lipinski definition) is 0. The molecule has 0 spiro atoms. The number of azo groups is 1. The van der Waals surface area contributed by atoms with Crippen molar-refractivity contribution in [1.82, 2.24) is 5.01 Å². The number of esters is 1. The van der Waals surface area contributed by atoms with Crippen molar-refractivity contribution in [2.45, 2.75) is 52.2 Å². The van der Waals surface area contributed by atoms with Crippen molar-refractivity contribution in [3.63, 3.8) is 0 Å². The van der Waals surface area contributed by atoms with Crippen LogP contribution in [-0.4, -0.2) is 47.3 Å². The smallest absolute Gasteiger partial charge is 0.331 e. The Morgan fingerprint density at radius 2 is 2.03 bits per heavy atom. The van der Waals surface area contributed by atoms with Crippen LogP contribution < -0.4 is 0 Å². The zero-order valence-electron chi connectivity index (χ0n) is 17.3. The minimum Gasteiger partial charge on any atom is -0.464 e. The van der Waals surface area contributed by atoms with Gasteiger partial charge in [-0.25, -0.2) is 9.80 Å². The maximum absolute atomic E-state index is 12.6. The average molecular weight is 393 g/mol. The molecular weight excluding hydrogens is 366 g/mol. The van der Waals surface area contributed by atoms with Gasteiger partial charge >= 0.3 is 5.97 Å². The molecule has 0 fully saturated rings. The van der Waals surface area contributed by atoms with Crippen molar-refractivity contribution in [3.05, 3.63) is 42.5 Å². The van der Waals surface area contributed by atoms with Gasteiger partial charge in [0.1, 0.15) is 0 Å². The maximum atomic E-state index is 12.6. The number of hydrogen-bond acceptors (Lipinski definition) is 7. The quantitative estimate of drug-likeness (QED) is 0.438. The molecule has 2 aliphatic heterocycles. The molecule has 1 aromatic rings. The first-order chi connectivity index (χ1) is 13.9. The summed E-state index contributed by atoms with van der Waals surface area (Å²) in [6, 6.07) is 8.65. The highest BCUT2D eigenvalue weighted by Crippen LogP contribution is 2.39. The standard InChI is InChI=1S/C22H27N5O2/c1-5-29-21(28)17-15-12-9-13-16(15)27-20(23-17)18(19(26-27)22(2,3)4)25-24-14-10-7-6-8-11-14/h6-11,13,15-18H,5,12H2,1-4H3. The molecule has 1 aromatic carbocycles. The highest BCUT2D eigenvalue weighted by molar-refractivity contribution is 6.16. The zero-order chi connectivity index (χ0) is 20.6. The van der Waals surface area contributed by atoms with Gasteiger partial charge in [0.25, 0.3) is 0 Å². The van der Waals surface area contributed by atoms with Crippen molar-refractivity contribution in [1.29, 1.82) is 0 Å². The number of allylic oxidation sites excluding steroid dienone is 1. The Balaban J connectivity index is 1.75. The summed E-state index contributed by atoms with van der Waals surface area (Å²) in [5, 5.41) is 15.9. The van der Waals surface area contributed by atoms with Crippen LogP contribution in [0.3, 0.4) is 0 Å². The van der Waals surface area contributed by atoms with Gasteiger partial charge in [0, 0.05) is 11.3 Å². The number of carbonyl (C=O) groups excluding carboxylic acids is 1. The van der Waals surface area contributed by atoms with Gasteiger partial charge in [0.05, 0.1) is 24.0 Å². The van der Waals surface area contributed by atoms with E-state index in [9.17, 15) is 4.79 Å². The molecule has 0 N–H and O–H groups in total.